The van der Waals surface area contributed by atoms with Crippen LogP contribution in [-0.4, -0.2) is 47.6 Å². The molecular formula is C9H16N2O3. The van der Waals surface area contributed by atoms with Gasteiger partial charge in [0, 0.05) is 6.54 Å². The third-order valence-corrected chi connectivity index (χ3v) is 2.26. The molecule has 80 valence electrons. The maximum atomic E-state index is 11.5. The number of carboxylic acid groups (broad SMARTS) is 1. The van der Waals surface area contributed by atoms with Gasteiger partial charge in [-0.1, -0.05) is 6.92 Å². The van der Waals surface area contributed by atoms with Crippen molar-refractivity contribution in [1.29, 1.82) is 0 Å². The summed E-state index contributed by atoms with van der Waals surface area (Å²) in [5.74, 6) is -1.03. The lowest BCUT2D eigenvalue weighted by Gasteiger charge is -2.14. The van der Waals surface area contributed by atoms with Crippen molar-refractivity contribution in [1.82, 2.24) is 10.2 Å². The van der Waals surface area contributed by atoms with Gasteiger partial charge in [0.2, 0.25) is 5.91 Å². The van der Waals surface area contributed by atoms with Crippen molar-refractivity contribution in [2.75, 3.05) is 19.6 Å². The van der Waals surface area contributed by atoms with E-state index in [0.717, 1.165) is 13.0 Å². The zero-order valence-electron chi connectivity index (χ0n) is 8.32. The Bertz CT molecular complexity index is 230. The van der Waals surface area contributed by atoms with Gasteiger partial charge in [0.05, 0.1) is 6.04 Å². The molecular weight excluding hydrogens is 184 g/mol. The lowest BCUT2D eigenvalue weighted by Crippen LogP contribution is -2.40. The minimum Gasteiger partial charge on any atom is -0.480 e. The molecule has 1 heterocycles. The number of aliphatic carboxylic acids is 1. The summed E-state index contributed by atoms with van der Waals surface area (Å²) < 4.78 is 0. The third-order valence-electron chi connectivity index (χ3n) is 2.26. The van der Waals surface area contributed by atoms with Crippen molar-refractivity contribution < 1.29 is 14.7 Å². The number of likely N-dealkylation sites (tertiary alicyclic amines) is 1. The molecule has 0 radical (unpaired) electrons. The predicted octanol–water partition coefficient (Wildman–Crippen LogP) is -0.328. The van der Waals surface area contributed by atoms with Gasteiger partial charge in [-0.25, -0.2) is 0 Å². The largest absolute Gasteiger partial charge is 0.480 e. The molecule has 5 nitrogen and oxygen atoms in total. The number of amides is 1. The van der Waals surface area contributed by atoms with Crippen molar-refractivity contribution in [2.45, 2.75) is 25.8 Å². The molecule has 0 aromatic carbocycles. The summed E-state index contributed by atoms with van der Waals surface area (Å²) in [6.07, 6.45) is 1.69. The highest BCUT2D eigenvalue weighted by Crippen LogP contribution is 2.10. The zero-order valence-corrected chi connectivity index (χ0v) is 8.32. The molecule has 0 aliphatic carbocycles. The van der Waals surface area contributed by atoms with Crippen molar-refractivity contribution in [2.24, 2.45) is 0 Å². The maximum Gasteiger partial charge on any atom is 0.323 e. The van der Waals surface area contributed by atoms with Crippen LogP contribution in [0.4, 0.5) is 0 Å². The average molecular weight is 200 g/mol. The van der Waals surface area contributed by atoms with Crippen LogP contribution < -0.4 is 5.32 Å². The molecule has 1 fully saturated rings. The van der Waals surface area contributed by atoms with Crippen LogP contribution in [0.2, 0.25) is 0 Å². The summed E-state index contributed by atoms with van der Waals surface area (Å²) in [6, 6.07) is -0.172. The van der Waals surface area contributed by atoms with Crippen molar-refractivity contribution in [3.63, 3.8) is 0 Å². The van der Waals surface area contributed by atoms with E-state index in [0.29, 0.717) is 13.0 Å². The van der Waals surface area contributed by atoms with Crippen LogP contribution in [0.3, 0.4) is 0 Å². The first-order chi connectivity index (χ1) is 6.65. The fraction of sp³-hybridized carbons (Fsp3) is 0.778. The second-order valence-electron chi connectivity index (χ2n) is 3.45. The number of carboxylic acids is 1. The van der Waals surface area contributed by atoms with E-state index in [2.05, 4.69) is 5.32 Å². The summed E-state index contributed by atoms with van der Waals surface area (Å²) in [7, 11) is 0. The van der Waals surface area contributed by atoms with Gasteiger partial charge in [0.25, 0.3) is 0 Å². The molecule has 1 saturated heterocycles. The molecule has 1 aliphatic heterocycles. The molecule has 5 heteroatoms. The first-order valence-electron chi connectivity index (χ1n) is 4.89. The first kappa shape index (κ1) is 11.0. The molecule has 1 aliphatic rings. The maximum absolute atomic E-state index is 11.5. The van der Waals surface area contributed by atoms with E-state index < -0.39 is 5.97 Å². The van der Waals surface area contributed by atoms with Crippen molar-refractivity contribution in [3.8, 4) is 0 Å². The highest BCUT2D eigenvalue weighted by molar-refractivity contribution is 5.87. The second kappa shape index (κ2) is 4.95. The fourth-order valence-corrected chi connectivity index (χ4v) is 1.57. The highest BCUT2D eigenvalue weighted by atomic mass is 16.4. The molecule has 14 heavy (non-hydrogen) atoms. The zero-order chi connectivity index (χ0) is 10.6. The van der Waals surface area contributed by atoms with E-state index in [1.807, 2.05) is 6.92 Å². The van der Waals surface area contributed by atoms with Crippen molar-refractivity contribution >= 4 is 11.9 Å². The Labute approximate surface area is 83.1 Å². The molecule has 1 unspecified atom stereocenters. The quantitative estimate of drug-likeness (QED) is 0.637. The smallest absolute Gasteiger partial charge is 0.323 e. The molecule has 2 N–H and O–H groups in total. The van der Waals surface area contributed by atoms with Crippen LogP contribution in [0.15, 0.2) is 0 Å². The van der Waals surface area contributed by atoms with E-state index in [1.54, 1.807) is 0 Å². The summed E-state index contributed by atoms with van der Waals surface area (Å²) in [5, 5.41) is 11.6. The topological polar surface area (TPSA) is 69.6 Å². The molecule has 1 amide bonds. The minimum absolute atomic E-state index is 0.0825. The number of hydrogen-bond acceptors (Lipinski definition) is 3. The Hall–Kier alpha value is -1.10. The molecule has 0 spiro atoms. The summed E-state index contributed by atoms with van der Waals surface area (Å²) in [5.41, 5.74) is 0. The fourth-order valence-electron chi connectivity index (χ4n) is 1.57. The Kier molecular flexibility index (Phi) is 3.88. The van der Waals surface area contributed by atoms with E-state index >= 15 is 0 Å². The van der Waals surface area contributed by atoms with Gasteiger partial charge in [-0.15, -0.1) is 0 Å². The van der Waals surface area contributed by atoms with E-state index in [-0.39, 0.29) is 18.5 Å². The third kappa shape index (κ3) is 2.70. The van der Waals surface area contributed by atoms with Crippen LogP contribution in [0.5, 0.6) is 0 Å². The molecule has 0 aromatic heterocycles. The van der Waals surface area contributed by atoms with E-state index in [9.17, 15) is 9.59 Å². The van der Waals surface area contributed by atoms with Crippen LogP contribution in [0.25, 0.3) is 0 Å². The van der Waals surface area contributed by atoms with Crippen LogP contribution in [0.1, 0.15) is 19.8 Å². The lowest BCUT2D eigenvalue weighted by atomic mass is 10.2. The van der Waals surface area contributed by atoms with Crippen LogP contribution in [0, 0.1) is 0 Å². The minimum atomic E-state index is -0.950. The summed E-state index contributed by atoms with van der Waals surface area (Å²) >= 11 is 0. The van der Waals surface area contributed by atoms with E-state index in [1.165, 1.54) is 4.90 Å². The van der Waals surface area contributed by atoms with Crippen LogP contribution >= 0.6 is 0 Å². The van der Waals surface area contributed by atoms with Gasteiger partial charge in [-0.2, -0.15) is 0 Å². The van der Waals surface area contributed by atoms with Gasteiger partial charge in [0.1, 0.15) is 6.54 Å². The average Bonchev–Trinajstić information content (AvgIpc) is 2.45. The monoisotopic (exact) mass is 200 g/mol. The number of nitrogens with one attached hydrogen (secondary N) is 1. The lowest BCUT2D eigenvalue weighted by molar-refractivity contribution is -0.143. The van der Waals surface area contributed by atoms with Gasteiger partial charge < -0.3 is 15.3 Å². The first-order valence-corrected chi connectivity index (χ1v) is 4.89. The Morgan fingerprint density at radius 3 is 3.00 bits per heavy atom. The summed E-state index contributed by atoms with van der Waals surface area (Å²) in [4.78, 5) is 23.3. The van der Waals surface area contributed by atoms with E-state index in [4.69, 9.17) is 5.11 Å². The summed E-state index contributed by atoms with van der Waals surface area (Å²) in [6.45, 7) is 3.20. The van der Waals surface area contributed by atoms with Gasteiger partial charge >= 0.3 is 5.97 Å². The van der Waals surface area contributed by atoms with Crippen LogP contribution in [-0.2, 0) is 9.59 Å². The molecule has 0 aromatic rings. The van der Waals surface area contributed by atoms with Gasteiger partial charge in [-0.05, 0) is 19.4 Å². The normalized spacial score (nSPS) is 21.6. The van der Waals surface area contributed by atoms with Gasteiger partial charge in [-0.3, -0.25) is 9.59 Å². The Balaban J connectivity index is 2.39. The SMILES string of the molecule is CCCNC1CCN(CC(=O)O)C1=O. The molecule has 0 saturated carbocycles. The number of nitrogens with zero attached hydrogens (tertiary/aromatic N) is 1. The molecule has 0 bridgehead atoms. The number of rotatable bonds is 5. The Morgan fingerprint density at radius 1 is 1.71 bits per heavy atom. The predicted molar refractivity (Wildman–Crippen MR) is 50.9 cm³/mol. The number of carbonyl (C=O) groups is 2. The molecule has 1 rings (SSSR count). The number of carbonyl (C=O) groups excluding carboxylic acids is 1. The van der Waals surface area contributed by atoms with Gasteiger partial charge in [0.15, 0.2) is 0 Å². The molecule has 1 atom stereocenters. The van der Waals surface area contributed by atoms with Crippen molar-refractivity contribution in [3.05, 3.63) is 0 Å². The Morgan fingerprint density at radius 2 is 2.43 bits per heavy atom. The highest BCUT2D eigenvalue weighted by Gasteiger charge is 2.31. The second-order valence-corrected chi connectivity index (χ2v) is 3.45. The standard InChI is InChI=1S/C9H16N2O3/c1-2-4-10-7-3-5-11(9(7)14)6-8(12)13/h7,10H,2-6H2,1H3,(H,12,13). The number of hydrogen-bond donors (Lipinski definition) is 2.